The molecule has 0 saturated carbocycles. The lowest BCUT2D eigenvalue weighted by molar-refractivity contribution is -0.118. The molecular formula is C19H14Br2N2O4S. The van der Waals surface area contributed by atoms with Gasteiger partial charge >= 0.3 is 0 Å². The number of thioether (sulfide) groups is 1. The van der Waals surface area contributed by atoms with Crippen LogP contribution in [-0.4, -0.2) is 23.7 Å². The van der Waals surface area contributed by atoms with Crippen LogP contribution in [0.2, 0.25) is 0 Å². The highest BCUT2D eigenvalue weighted by molar-refractivity contribution is 9.11. The summed E-state index contributed by atoms with van der Waals surface area (Å²) in [7, 11) is 0. The van der Waals surface area contributed by atoms with Crippen LogP contribution in [0.3, 0.4) is 0 Å². The predicted octanol–water partition coefficient (Wildman–Crippen LogP) is 4.86. The van der Waals surface area contributed by atoms with Gasteiger partial charge in [0.15, 0.2) is 6.61 Å². The molecule has 2 aromatic rings. The molecule has 144 valence electrons. The monoisotopic (exact) mass is 524 g/mol. The number of amides is 3. The molecule has 3 amide bonds. The van der Waals surface area contributed by atoms with Crippen LogP contribution in [0.4, 0.5) is 10.5 Å². The van der Waals surface area contributed by atoms with Gasteiger partial charge in [0.25, 0.3) is 17.1 Å². The van der Waals surface area contributed by atoms with Crippen molar-refractivity contribution in [3.63, 3.8) is 0 Å². The lowest BCUT2D eigenvalue weighted by Gasteiger charge is -2.12. The van der Waals surface area contributed by atoms with E-state index < -0.39 is 11.1 Å². The molecule has 1 saturated heterocycles. The summed E-state index contributed by atoms with van der Waals surface area (Å²) in [6.07, 6.45) is 1.61. The zero-order chi connectivity index (χ0) is 20.3. The molecule has 1 heterocycles. The summed E-state index contributed by atoms with van der Waals surface area (Å²) in [6.45, 7) is 1.78. The topological polar surface area (TPSA) is 84.5 Å². The molecular weight excluding hydrogens is 512 g/mol. The van der Waals surface area contributed by atoms with Crippen LogP contribution in [0, 0.1) is 6.92 Å². The van der Waals surface area contributed by atoms with Gasteiger partial charge in [-0.1, -0.05) is 12.1 Å². The van der Waals surface area contributed by atoms with Gasteiger partial charge in [-0.25, -0.2) is 0 Å². The highest BCUT2D eigenvalue weighted by Crippen LogP contribution is 2.36. The first-order chi connectivity index (χ1) is 13.3. The van der Waals surface area contributed by atoms with Gasteiger partial charge in [-0.2, -0.15) is 0 Å². The molecule has 6 nitrogen and oxygen atoms in total. The number of ether oxygens (including phenoxy) is 1. The van der Waals surface area contributed by atoms with Gasteiger partial charge in [-0.05, 0) is 92.0 Å². The van der Waals surface area contributed by atoms with Gasteiger partial charge < -0.3 is 10.1 Å². The first-order valence-corrected chi connectivity index (χ1v) is 10.5. The number of benzene rings is 2. The van der Waals surface area contributed by atoms with Crippen LogP contribution < -0.4 is 15.4 Å². The van der Waals surface area contributed by atoms with Crippen molar-refractivity contribution in [2.24, 2.45) is 0 Å². The Hall–Kier alpha value is -2.10. The van der Waals surface area contributed by atoms with Gasteiger partial charge in [-0.15, -0.1) is 0 Å². The van der Waals surface area contributed by atoms with Crippen LogP contribution in [0.1, 0.15) is 11.1 Å². The highest BCUT2D eigenvalue weighted by atomic mass is 79.9. The molecule has 1 fully saturated rings. The van der Waals surface area contributed by atoms with E-state index in [1.807, 2.05) is 25.1 Å². The lowest BCUT2D eigenvalue weighted by atomic mass is 10.2. The Morgan fingerprint density at radius 1 is 1.21 bits per heavy atom. The standard InChI is InChI=1S/C19H14Br2N2O4S/c1-10-3-2-4-12(5-10)22-16(24)9-27-17-13(20)6-11(7-14(17)21)8-15-18(25)23-19(26)28-15/h2-8H,9H2,1H3,(H,22,24)(H,23,25,26)/b15-8-. The van der Waals surface area contributed by atoms with E-state index in [1.54, 1.807) is 24.3 Å². The number of carbonyl (C=O) groups excluding carboxylic acids is 3. The van der Waals surface area contributed by atoms with Gasteiger partial charge in [0.05, 0.1) is 13.9 Å². The Balaban J connectivity index is 1.68. The smallest absolute Gasteiger partial charge is 0.290 e. The summed E-state index contributed by atoms with van der Waals surface area (Å²) in [4.78, 5) is 35.4. The number of rotatable bonds is 5. The molecule has 0 radical (unpaired) electrons. The molecule has 0 unspecified atom stereocenters. The zero-order valence-corrected chi connectivity index (χ0v) is 18.5. The van der Waals surface area contributed by atoms with Crippen LogP contribution in [0.15, 0.2) is 50.2 Å². The van der Waals surface area contributed by atoms with E-state index in [2.05, 4.69) is 42.5 Å². The molecule has 2 aromatic carbocycles. The number of hydrogen-bond donors (Lipinski definition) is 2. The van der Waals surface area contributed by atoms with Crippen LogP contribution in [-0.2, 0) is 9.59 Å². The van der Waals surface area contributed by atoms with E-state index in [9.17, 15) is 14.4 Å². The quantitative estimate of drug-likeness (QED) is 0.544. The molecule has 2 N–H and O–H groups in total. The minimum atomic E-state index is -0.421. The molecule has 0 bridgehead atoms. The molecule has 0 aromatic heterocycles. The van der Waals surface area contributed by atoms with Crippen molar-refractivity contribution in [2.75, 3.05) is 11.9 Å². The van der Waals surface area contributed by atoms with E-state index in [0.717, 1.165) is 17.3 Å². The summed E-state index contributed by atoms with van der Waals surface area (Å²) in [5.74, 6) is -0.246. The maximum atomic E-state index is 12.1. The molecule has 28 heavy (non-hydrogen) atoms. The minimum absolute atomic E-state index is 0.168. The summed E-state index contributed by atoms with van der Waals surface area (Å²) in [5.41, 5.74) is 2.45. The fraction of sp³-hybridized carbons (Fsp3) is 0.105. The van der Waals surface area contributed by atoms with Crippen molar-refractivity contribution in [1.29, 1.82) is 0 Å². The Kier molecular flexibility index (Phi) is 6.58. The predicted molar refractivity (Wildman–Crippen MR) is 116 cm³/mol. The fourth-order valence-electron chi connectivity index (χ4n) is 2.43. The van der Waals surface area contributed by atoms with Crippen molar-refractivity contribution < 1.29 is 19.1 Å². The number of imide groups is 1. The largest absolute Gasteiger partial charge is 0.481 e. The third-order valence-corrected chi connectivity index (χ3v) is 5.60. The average Bonchev–Trinajstić information content (AvgIpc) is 2.91. The van der Waals surface area contributed by atoms with Crippen LogP contribution >= 0.6 is 43.6 Å². The third-order valence-electron chi connectivity index (χ3n) is 3.61. The molecule has 3 rings (SSSR count). The number of halogens is 2. The van der Waals surface area contributed by atoms with E-state index >= 15 is 0 Å². The maximum absolute atomic E-state index is 12.1. The Morgan fingerprint density at radius 2 is 1.93 bits per heavy atom. The summed E-state index contributed by atoms with van der Waals surface area (Å²) >= 11 is 7.67. The number of hydrogen-bond acceptors (Lipinski definition) is 5. The van der Waals surface area contributed by atoms with Crippen LogP contribution in [0.5, 0.6) is 5.75 Å². The third kappa shape index (κ3) is 5.24. The minimum Gasteiger partial charge on any atom is -0.481 e. The summed E-state index contributed by atoms with van der Waals surface area (Å²) < 4.78 is 6.84. The lowest BCUT2D eigenvalue weighted by Crippen LogP contribution is -2.20. The Bertz CT molecular complexity index is 984. The average molecular weight is 526 g/mol. The summed E-state index contributed by atoms with van der Waals surface area (Å²) in [5, 5.41) is 4.59. The molecule has 0 spiro atoms. The fourth-order valence-corrected chi connectivity index (χ4v) is 4.56. The molecule has 1 aliphatic rings. The van der Waals surface area contributed by atoms with Crippen molar-refractivity contribution in [3.8, 4) is 5.75 Å². The van der Waals surface area contributed by atoms with Crippen molar-refractivity contribution in [2.45, 2.75) is 6.92 Å². The number of aryl methyl sites for hydroxylation is 1. The molecule has 0 aliphatic carbocycles. The van der Waals surface area contributed by atoms with Gasteiger partial charge in [0.2, 0.25) is 0 Å². The van der Waals surface area contributed by atoms with Gasteiger partial charge in [0, 0.05) is 5.69 Å². The first kappa shape index (κ1) is 20.6. The van der Waals surface area contributed by atoms with E-state index in [0.29, 0.717) is 30.9 Å². The number of nitrogens with one attached hydrogen (secondary N) is 2. The van der Waals surface area contributed by atoms with E-state index in [4.69, 9.17) is 4.74 Å². The van der Waals surface area contributed by atoms with Crippen molar-refractivity contribution >= 4 is 72.4 Å². The number of anilines is 1. The molecule has 9 heteroatoms. The molecule has 1 aliphatic heterocycles. The van der Waals surface area contributed by atoms with Gasteiger partial charge in [-0.3, -0.25) is 19.7 Å². The molecule has 0 atom stereocenters. The first-order valence-electron chi connectivity index (χ1n) is 8.05. The second-order valence-electron chi connectivity index (χ2n) is 5.87. The Morgan fingerprint density at radius 3 is 2.54 bits per heavy atom. The van der Waals surface area contributed by atoms with E-state index in [1.165, 1.54) is 0 Å². The Labute approximate surface area is 182 Å². The van der Waals surface area contributed by atoms with E-state index in [-0.39, 0.29) is 12.5 Å². The zero-order valence-electron chi connectivity index (χ0n) is 14.5. The van der Waals surface area contributed by atoms with Crippen molar-refractivity contribution in [3.05, 3.63) is 61.4 Å². The van der Waals surface area contributed by atoms with Crippen molar-refractivity contribution in [1.82, 2.24) is 5.32 Å². The second kappa shape index (κ2) is 8.93. The SMILES string of the molecule is Cc1cccc(NC(=O)COc2c(Br)cc(/C=C3\SC(=O)NC3=O)cc2Br)c1. The van der Waals surface area contributed by atoms with Gasteiger partial charge in [0.1, 0.15) is 5.75 Å². The highest BCUT2D eigenvalue weighted by Gasteiger charge is 2.25. The maximum Gasteiger partial charge on any atom is 0.290 e. The number of carbonyl (C=O) groups is 3. The normalized spacial score (nSPS) is 14.9. The summed E-state index contributed by atoms with van der Waals surface area (Å²) in [6, 6.07) is 11.0. The van der Waals surface area contributed by atoms with Crippen LogP contribution in [0.25, 0.3) is 6.08 Å². The second-order valence-corrected chi connectivity index (χ2v) is 8.60.